The maximum absolute atomic E-state index is 11.6. The molecule has 5 heteroatoms. The first-order valence-corrected chi connectivity index (χ1v) is 6.69. The minimum atomic E-state index is 0.112. The molecule has 3 N–H and O–H groups in total. The summed E-state index contributed by atoms with van der Waals surface area (Å²) in [6, 6.07) is 1.99. The summed E-state index contributed by atoms with van der Waals surface area (Å²) in [6.07, 6.45) is 8.44. The number of nitrogens with two attached hydrogens (primary N) is 1. The highest BCUT2D eigenvalue weighted by atomic mass is 16.1. The van der Waals surface area contributed by atoms with E-state index < -0.39 is 0 Å². The molecule has 102 valence electrons. The fourth-order valence-corrected chi connectivity index (χ4v) is 1.87. The van der Waals surface area contributed by atoms with Crippen molar-refractivity contribution in [1.29, 1.82) is 0 Å². The number of amides is 1. The van der Waals surface area contributed by atoms with Crippen LogP contribution in [0.15, 0.2) is 18.5 Å². The van der Waals surface area contributed by atoms with E-state index in [0.29, 0.717) is 13.0 Å². The van der Waals surface area contributed by atoms with E-state index in [-0.39, 0.29) is 11.9 Å². The van der Waals surface area contributed by atoms with Crippen molar-refractivity contribution < 1.29 is 4.79 Å². The summed E-state index contributed by atoms with van der Waals surface area (Å²) < 4.78 is 1.83. The molecule has 0 aliphatic heterocycles. The second kappa shape index (κ2) is 8.69. The first-order chi connectivity index (χ1) is 8.72. The van der Waals surface area contributed by atoms with Gasteiger partial charge in [-0.25, -0.2) is 0 Å². The third-order valence-corrected chi connectivity index (χ3v) is 2.79. The lowest BCUT2D eigenvalue weighted by Crippen LogP contribution is -2.35. The monoisotopic (exact) mass is 252 g/mol. The molecular formula is C13H24N4O. The molecule has 5 nitrogen and oxygen atoms in total. The van der Waals surface area contributed by atoms with E-state index in [1.165, 1.54) is 0 Å². The Morgan fingerprint density at radius 3 is 2.83 bits per heavy atom. The molecule has 1 unspecified atom stereocenters. The van der Waals surface area contributed by atoms with Gasteiger partial charge in [0.25, 0.3) is 0 Å². The molecule has 1 amide bonds. The zero-order valence-electron chi connectivity index (χ0n) is 11.1. The Morgan fingerprint density at radius 1 is 1.39 bits per heavy atom. The van der Waals surface area contributed by atoms with Gasteiger partial charge in [0.15, 0.2) is 0 Å². The van der Waals surface area contributed by atoms with Crippen LogP contribution in [-0.2, 0) is 11.3 Å². The van der Waals surface area contributed by atoms with Gasteiger partial charge in [0.05, 0.1) is 6.54 Å². The van der Waals surface area contributed by atoms with Crippen molar-refractivity contribution in [2.75, 3.05) is 6.54 Å². The standard InChI is InChI=1S/C13H24N4O/c1-12(11-17-10-6-9-15-17)16-13(18)7-4-2-3-5-8-14/h6,9-10,12H,2-5,7-8,11,14H2,1H3,(H,16,18). The van der Waals surface area contributed by atoms with E-state index in [2.05, 4.69) is 10.4 Å². The third-order valence-electron chi connectivity index (χ3n) is 2.79. The third kappa shape index (κ3) is 6.39. The van der Waals surface area contributed by atoms with Crippen LogP contribution in [0.25, 0.3) is 0 Å². The van der Waals surface area contributed by atoms with E-state index in [9.17, 15) is 4.79 Å². The minimum Gasteiger partial charge on any atom is -0.352 e. The summed E-state index contributed by atoms with van der Waals surface area (Å²) in [4.78, 5) is 11.6. The summed E-state index contributed by atoms with van der Waals surface area (Å²) in [5, 5.41) is 7.10. The summed E-state index contributed by atoms with van der Waals surface area (Å²) in [5.74, 6) is 0.127. The van der Waals surface area contributed by atoms with Crippen LogP contribution in [0.2, 0.25) is 0 Å². The summed E-state index contributed by atoms with van der Waals surface area (Å²) >= 11 is 0. The Hall–Kier alpha value is -1.36. The van der Waals surface area contributed by atoms with Crippen LogP contribution in [0.1, 0.15) is 39.0 Å². The molecule has 0 saturated carbocycles. The predicted molar refractivity (Wildman–Crippen MR) is 72.0 cm³/mol. The summed E-state index contributed by atoms with van der Waals surface area (Å²) in [5.41, 5.74) is 5.41. The molecular weight excluding hydrogens is 228 g/mol. The maximum Gasteiger partial charge on any atom is 0.220 e. The SMILES string of the molecule is CC(Cn1cccn1)NC(=O)CCCCCCN. The molecule has 1 atom stereocenters. The smallest absolute Gasteiger partial charge is 0.220 e. The zero-order chi connectivity index (χ0) is 13.2. The van der Waals surface area contributed by atoms with Gasteiger partial charge < -0.3 is 11.1 Å². The van der Waals surface area contributed by atoms with Gasteiger partial charge in [-0.15, -0.1) is 0 Å². The van der Waals surface area contributed by atoms with Crippen LogP contribution in [0.3, 0.4) is 0 Å². The van der Waals surface area contributed by atoms with Crippen LogP contribution >= 0.6 is 0 Å². The quantitative estimate of drug-likeness (QED) is 0.651. The van der Waals surface area contributed by atoms with E-state index >= 15 is 0 Å². The fourth-order valence-electron chi connectivity index (χ4n) is 1.87. The van der Waals surface area contributed by atoms with Crippen LogP contribution in [0.5, 0.6) is 0 Å². The van der Waals surface area contributed by atoms with Gasteiger partial charge in [-0.05, 0) is 32.4 Å². The van der Waals surface area contributed by atoms with Gasteiger partial charge in [0.1, 0.15) is 0 Å². The predicted octanol–water partition coefficient (Wildman–Crippen LogP) is 1.30. The van der Waals surface area contributed by atoms with Gasteiger partial charge >= 0.3 is 0 Å². The minimum absolute atomic E-state index is 0.112. The molecule has 0 aliphatic carbocycles. The lowest BCUT2D eigenvalue weighted by molar-refractivity contribution is -0.121. The molecule has 1 aromatic heterocycles. The van der Waals surface area contributed by atoms with Crippen molar-refractivity contribution >= 4 is 5.91 Å². The number of carbonyl (C=O) groups is 1. The molecule has 0 fully saturated rings. The van der Waals surface area contributed by atoms with Gasteiger partial charge in [-0.2, -0.15) is 5.10 Å². The Kier molecular flexibility index (Phi) is 7.10. The van der Waals surface area contributed by atoms with Gasteiger partial charge in [-0.1, -0.05) is 12.8 Å². The zero-order valence-corrected chi connectivity index (χ0v) is 11.1. The first-order valence-electron chi connectivity index (χ1n) is 6.69. The number of unbranched alkanes of at least 4 members (excludes halogenated alkanes) is 3. The van der Waals surface area contributed by atoms with Crippen molar-refractivity contribution in [3.8, 4) is 0 Å². The number of hydrogen-bond acceptors (Lipinski definition) is 3. The van der Waals surface area contributed by atoms with Gasteiger partial charge in [0, 0.05) is 24.9 Å². The second-order valence-electron chi connectivity index (χ2n) is 4.65. The average Bonchev–Trinajstić information content (AvgIpc) is 2.81. The van der Waals surface area contributed by atoms with E-state index in [0.717, 1.165) is 32.2 Å². The van der Waals surface area contributed by atoms with Gasteiger partial charge in [0.2, 0.25) is 5.91 Å². The number of hydrogen-bond donors (Lipinski definition) is 2. The number of nitrogens with zero attached hydrogens (tertiary/aromatic N) is 2. The van der Waals surface area contributed by atoms with Gasteiger partial charge in [-0.3, -0.25) is 9.48 Å². The average molecular weight is 252 g/mol. The van der Waals surface area contributed by atoms with Crippen LogP contribution < -0.4 is 11.1 Å². The molecule has 0 aliphatic rings. The Bertz CT molecular complexity index is 324. The molecule has 1 aromatic rings. The highest BCUT2D eigenvalue weighted by Crippen LogP contribution is 2.02. The van der Waals surface area contributed by atoms with E-state index in [1.54, 1.807) is 6.20 Å². The first kappa shape index (κ1) is 14.7. The molecule has 0 saturated heterocycles. The highest BCUT2D eigenvalue weighted by molar-refractivity contribution is 5.76. The van der Waals surface area contributed by atoms with Crippen LogP contribution in [-0.4, -0.2) is 28.3 Å². The molecule has 0 spiro atoms. The number of carbonyl (C=O) groups excluding carboxylic acids is 1. The normalized spacial score (nSPS) is 12.3. The number of aromatic nitrogens is 2. The molecule has 18 heavy (non-hydrogen) atoms. The summed E-state index contributed by atoms with van der Waals surface area (Å²) in [6.45, 7) is 3.45. The maximum atomic E-state index is 11.6. The molecule has 1 rings (SSSR count). The number of rotatable bonds is 9. The lowest BCUT2D eigenvalue weighted by atomic mass is 10.1. The highest BCUT2D eigenvalue weighted by Gasteiger charge is 2.07. The largest absolute Gasteiger partial charge is 0.352 e. The van der Waals surface area contributed by atoms with Crippen molar-refractivity contribution in [2.45, 2.75) is 51.6 Å². The molecule has 0 radical (unpaired) electrons. The molecule has 0 bridgehead atoms. The second-order valence-corrected chi connectivity index (χ2v) is 4.65. The lowest BCUT2D eigenvalue weighted by Gasteiger charge is -2.13. The van der Waals surface area contributed by atoms with Crippen LogP contribution in [0, 0.1) is 0 Å². The topological polar surface area (TPSA) is 72.9 Å². The molecule has 1 heterocycles. The Labute approximate surface area is 109 Å². The van der Waals surface area contributed by atoms with Crippen molar-refractivity contribution in [2.24, 2.45) is 5.73 Å². The summed E-state index contributed by atoms with van der Waals surface area (Å²) in [7, 11) is 0. The van der Waals surface area contributed by atoms with Crippen molar-refractivity contribution in [3.63, 3.8) is 0 Å². The van der Waals surface area contributed by atoms with Crippen molar-refractivity contribution in [3.05, 3.63) is 18.5 Å². The van der Waals surface area contributed by atoms with Crippen molar-refractivity contribution in [1.82, 2.24) is 15.1 Å². The Balaban J connectivity index is 2.08. The van der Waals surface area contributed by atoms with E-state index in [1.807, 2.05) is 23.9 Å². The fraction of sp³-hybridized carbons (Fsp3) is 0.692. The molecule has 0 aromatic carbocycles. The Morgan fingerprint density at radius 2 is 2.17 bits per heavy atom. The number of nitrogens with one attached hydrogen (secondary N) is 1. The van der Waals surface area contributed by atoms with E-state index in [4.69, 9.17) is 5.73 Å². The van der Waals surface area contributed by atoms with Crippen LogP contribution in [0.4, 0.5) is 0 Å².